The second-order valence-electron chi connectivity index (χ2n) is 4.02. The van der Waals surface area contributed by atoms with Crippen LogP contribution >= 0.6 is 11.3 Å². The van der Waals surface area contributed by atoms with Gasteiger partial charge in [-0.2, -0.15) is 13.2 Å². The molecule has 0 spiro atoms. The van der Waals surface area contributed by atoms with E-state index < -0.39 is 11.2 Å². The molecule has 102 valence electrons. The summed E-state index contributed by atoms with van der Waals surface area (Å²) in [4.78, 5) is 8.04. The molecule has 1 atom stereocenters. The Morgan fingerprint density at radius 3 is 2.58 bits per heavy atom. The zero-order valence-electron chi connectivity index (χ0n) is 10.3. The van der Waals surface area contributed by atoms with Crippen LogP contribution in [0, 0.1) is 6.92 Å². The quantitative estimate of drug-likeness (QED) is 0.942. The maximum absolute atomic E-state index is 12.6. The minimum atomic E-state index is -4.39. The van der Waals surface area contributed by atoms with Crippen molar-refractivity contribution in [3.63, 3.8) is 0 Å². The van der Waals surface area contributed by atoms with Gasteiger partial charge >= 0.3 is 6.18 Å². The van der Waals surface area contributed by atoms with Gasteiger partial charge in [0.15, 0.2) is 5.01 Å². The fourth-order valence-corrected chi connectivity index (χ4v) is 2.69. The van der Waals surface area contributed by atoms with E-state index >= 15 is 0 Å². The lowest BCUT2D eigenvalue weighted by Crippen LogP contribution is -2.16. The molecule has 0 amide bonds. The van der Waals surface area contributed by atoms with E-state index in [2.05, 4.69) is 15.3 Å². The summed E-state index contributed by atoms with van der Waals surface area (Å²) in [7, 11) is 1.70. The molecule has 0 fully saturated rings. The summed E-state index contributed by atoms with van der Waals surface area (Å²) < 4.78 is 37.7. The van der Waals surface area contributed by atoms with Gasteiger partial charge in [-0.1, -0.05) is 0 Å². The molecule has 0 aliphatic carbocycles. The van der Waals surface area contributed by atoms with E-state index in [1.54, 1.807) is 19.3 Å². The number of aryl methyl sites for hydroxylation is 1. The third-order valence-electron chi connectivity index (χ3n) is 2.59. The van der Waals surface area contributed by atoms with Gasteiger partial charge in [-0.25, -0.2) is 4.98 Å². The fraction of sp³-hybridized carbons (Fsp3) is 0.333. The first-order valence-electron chi connectivity index (χ1n) is 5.54. The van der Waals surface area contributed by atoms with Gasteiger partial charge in [0.2, 0.25) is 0 Å². The van der Waals surface area contributed by atoms with Crippen molar-refractivity contribution in [2.24, 2.45) is 0 Å². The van der Waals surface area contributed by atoms with Crippen molar-refractivity contribution in [1.29, 1.82) is 0 Å². The largest absolute Gasteiger partial charge is 0.443 e. The third-order valence-corrected chi connectivity index (χ3v) is 3.70. The van der Waals surface area contributed by atoms with Crippen LogP contribution < -0.4 is 5.32 Å². The van der Waals surface area contributed by atoms with E-state index in [1.165, 1.54) is 6.20 Å². The average Bonchev–Trinajstić information content (AvgIpc) is 2.79. The van der Waals surface area contributed by atoms with Crippen LogP contribution in [0.5, 0.6) is 0 Å². The lowest BCUT2D eigenvalue weighted by molar-refractivity contribution is -0.137. The number of aromatic nitrogens is 2. The smallest absolute Gasteiger partial charge is 0.309 e. The summed E-state index contributed by atoms with van der Waals surface area (Å²) in [6.07, 6.45) is -1.49. The highest BCUT2D eigenvalue weighted by Gasteiger charge is 2.35. The van der Waals surface area contributed by atoms with Gasteiger partial charge < -0.3 is 5.32 Å². The summed E-state index contributed by atoms with van der Waals surface area (Å²) in [5.41, 5.74) is 1.69. The molecule has 2 heterocycles. The van der Waals surface area contributed by atoms with Crippen molar-refractivity contribution in [2.45, 2.75) is 19.1 Å². The first kappa shape index (κ1) is 14.0. The number of hydrogen-bond acceptors (Lipinski definition) is 4. The summed E-state index contributed by atoms with van der Waals surface area (Å²) in [6, 6.07) is 3.31. The average molecular weight is 287 g/mol. The summed E-state index contributed by atoms with van der Waals surface area (Å²) in [6.45, 7) is 1.84. The Morgan fingerprint density at radius 1 is 1.32 bits per heavy atom. The molecule has 1 unspecified atom stereocenters. The van der Waals surface area contributed by atoms with Gasteiger partial charge in [0.05, 0.1) is 6.04 Å². The Labute approximate surface area is 112 Å². The molecule has 0 saturated carbocycles. The van der Waals surface area contributed by atoms with Crippen molar-refractivity contribution < 1.29 is 13.2 Å². The van der Waals surface area contributed by atoms with E-state index in [4.69, 9.17) is 0 Å². The number of pyridine rings is 1. The van der Waals surface area contributed by atoms with Gasteiger partial charge in [0, 0.05) is 23.0 Å². The van der Waals surface area contributed by atoms with Crippen LogP contribution in [-0.2, 0) is 6.18 Å². The van der Waals surface area contributed by atoms with Gasteiger partial charge in [0.25, 0.3) is 0 Å². The van der Waals surface area contributed by atoms with Crippen LogP contribution in [0.1, 0.15) is 27.2 Å². The Bertz CT molecular complexity index is 565. The predicted octanol–water partition coefficient (Wildman–Crippen LogP) is 3.17. The van der Waals surface area contributed by atoms with E-state index in [1.807, 2.05) is 13.0 Å². The van der Waals surface area contributed by atoms with Crippen LogP contribution in [0.15, 0.2) is 24.5 Å². The predicted molar refractivity (Wildman–Crippen MR) is 67.0 cm³/mol. The number of hydrogen-bond donors (Lipinski definition) is 1. The van der Waals surface area contributed by atoms with Gasteiger partial charge in [0.1, 0.15) is 0 Å². The van der Waals surface area contributed by atoms with Crippen LogP contribution in [-0.4, -0.2) is 17.0 Å². The summed E-state index contributed by atoms with van der Waals surface area (Å²) >= 11 is 0.654. The van der Waals surface area contributed by atoms with Crippen LogP contribution in [0.2, 0.25) is 0 Å². The SMILES string of the molecule is CNC(c1ccnc(C)c1)c1cnc(C(F)(F)F)s1. The number of nitrogens with zero attached hydrogens (tertiary/aromatic N) is 2. The highest BCUT2D eigenvalue weighted by atomic mass is 32.1. The van der Waals surface area contributed by atoms with Crippen LogP contribution in [0.25, 0.3) is 0 Å². The van der Waals surface area contributed by atoms with E-state index in [-0.39, 0.29) is 6.04 Å². The first-order valence-corrected chi connectivity index (χ1v) is 6.36. The highest BCUT2D eigenvalue weighted by molar-refractivity contribution is 7.11. The maximum atomic E-state index is 12.6. The zero-order valence-corrected chi connectivity index (χ0v) is 11.1. The Balaban J connectivity index is 2.35. The van der Waals surface area contributed by atoms with Crippen LogP contribution in [0.3, 0.4) is 0 Å². The fourth-order valence-electron chi connectivity index (χ4n) is 1.77. The second kappa shape index (κ2) is 5.26. The van der Waals surface area contributed by atoms with Crippen LogP contribution in [0.4, 0.5) is 13.2 Å². The van der Waals surface area contributed by atoms with E-state index in [0.717, 1.165) is 11.3 Å². The molecular formula is C12H12F3N3S. The second-order valence-corrected chi connectivity index (χ2v) is 5.08. The van der Waals surface area contributed by atoms with Gasteiger partial charge in [-0.05, 0) is 31.7 Å². The third kappa shape index (κ3) is 3.10. The zero-order chi connectivity index (χ0) is 14.0. The molecule has 2 rings (SSSR count). The molecule has 19 heavy (non-hydrogen) atoms. The molecule has 2 aromatic rings. The highest BCUT2D eigenvalue weighted by Crippen LogP contribution is 2.35. The number of nitrogens with one attached hydrogen (secondary N) is 1. The van der Waals surface area contributed by atoms with E-state index in [0.29, 0.717) is 16.2 Å². The molecule has 0 saturated heterocycles. The summed E-state index contributed by atoms with van der Waals surface area (Å²) in [5, 5.41) is 2.18. The van der Waals surface area contributed by atoms with E-state index in [9.17, 15) is 13.2 Å². The van der Waals surface area contributed by atoms with Crippen molar-refractivity contribution in [3.8, 4) is 0 Å². The normalized spacial score (nSPS) is 13.5. The monoisotopic (exact) mass is 287 g/mol. The van der Waals surface area contributed by atoms with Crippen molar-refractivity contribution in [1.82, 2.24) is 15.3 Å². The number of thiazole rings is 1. The number of rotatable bonds is 3. The number of alkyl halides is 3. The Kier molecular flexibility index (Phi) is 3.86. The molecule has 0 aliphatic rings. The lowest BCUT2D eigenvalue weighted by atomic mass is 10.1. The van der Waals surface area contributed by atoms with Crippen molar-refractivity contribution in [3.05, 3.63) is 45.7 Å². The Hall–Kier alpha value is -1.47. The molecule has 0 bridgehead atoms. The molecule has 3 nitrogen and oxygen atoms in total. The molecule has 0 aliphatic heterocycles. The molecule has 7 heteroatoms. The van der Waals surface area contributed by atoms with Crippen molar-refractivity contribution in [2.75, 3.05) is 7.05 Å². The molecule has 0 aromatic carbocycles. The van der Waals surface area contributed by atoms with Crippen molar-refractivity contribution >= 4 is 11.3 Å². The van der Waals surface area contributed by atoms with Gasteiger partial charge in [-0.15, -0.1) is 11.3 Å². The number of halogens is 3. The minimum absolute atomic E-state index is 0.310. The minimum Gasteiger partial charge on any atom is -0.309 e. The summed E-state index contributed by atoms with van der Waals surface area (Å²) in [5.74, 6) is 0. The first-order chi connectivity index (χ1) is 8.91. The topological polar surface area (TPSA) is 37.8 Å². The Morgan fingerprint density at radius 2 is 2.05 bits per heavy atom. The van der Waals surface area contributed by atoms with Gasteiger partial charge in [-0.3, -0.25) is 4.98 Å². The molecule has 2 aromatic heterocycles. The molecule has 1 N–H and O–H groups in total. The standard InChI is InChI=1S/C12H12F3N3S/c1-7-5-8(3-4-17-7)10(16-2)9-6-18-11(19-9)12(13,14)15/h3-6,10,16H,1-2H3. The lowest BCUT2D eigenvalue weighted by Gasteiger charge is -2.14. The molecular weight excluding hydrogens is 275 g/mol. The molecule has 0 radical (unpaired) electrons. The maximum Gasteiger partial charge on any atom is 0.443 e.